The average Bonchev–Trinajstić information content (AvgIpc) is 2.41. The van der Waals surface area contributed by atoms with Gasteiger partial charge in [-0.15, -0.1) is 0 Å². The van der Waals surface area contributed by atoms with Gasteiger partial charge in [-0.05, 0) is 82.9 Å². The summed E-state index contributed by atoms with van der Waals surface area (Å²) in [6.45, 7) is 0. The van der Waals surface area contributed by atoms with E-state index in [0.717, 1.165) is 22.3 Å². The highest BCUT2D eigenvalue weighted by Crippen LogP contribution is 2.41. The first kappa shape index (κ1) is 17.5. The first-order valence-corrected chi connectivity index (χ1v) is 8.47. The number of thioether (sulfide) groups is 2. The number of alkyl halides is 6. The van der Waals surface area contributed by atoms with Gasteiger partial charge in [0.25, 0.3) is 0 Å². The van der Waals surface area contributed by atoms with Gasteiger partial charge in [0, 0.05) is 9.79 Å². The van der Waals surface area contributed by atoms with Crippen LogP contribution in [-0.4, -0.2) is 11.0 Å². The molecule has 2 aromatic rings. The fourth-order valence-corrected chi connectivity index (χ4v) is 3.89. The highest BCUT2D eigenvalue weighted by atomic mass is 32.2. The third kappa shape index (κ3) is 4.42. The Morgan fingerprint density at radius 2 is 0.958 bits per heavy atom. The molecule has 0 atom stereocenters. The van der Waals surface area contributed by atoms with E-state index in [9.17, 15) is 26.3 Å². The third-order valence-electron chi connectivity index (χ3n) is 3.58. The minimum absolute atomic E-state index is 0.0884. The van der Waals surface area contributed by atoms with E-state index in [1.165, 1.54) is 24.3 Å². The molecule has 0 spiro atoms. The quantitative estimate of drug-likeness (QED) is 0.372. The van der Waals surface area contributed by atoms with Crippen molar-refractivity contribution in [3.63, 3.8) is 0 Å². The summed E-state index contributed by atoms with van der Waals surface area (Å²) in [5.41, 5.74) is -5.46. The predicted octanol–water partition coefficient (Wildman–Crippen LogP) is 6.41. The Kier molecular flexibility index (Phi) is 4.55. The van der Waals surface area contributed by atoms with E-state index in [2.05, 4.69) is 0 Å². The second-order valence-corrected chi connectivity index (χ2v) is 7.59. The van der Waals surface area contributed by atoms with Crippen LogP contribution in [0, 0.1) is 0 Å². The van der Waals surface area contributed by atoms with Gasteiger partial charge in [-0.2, -0.15) is 26.3 Å². The molecule has 128 valence electrons. The molecular weight excluding hydrogens is 370 g/mol. The molecule has 0 unspecified atom stereocenters. The van der Waals surface area contributed by atoms with Crippen molar-refractivity contribution in [2.24, 2.45) is 0 Å². The number of benzene rings is 2. The maximum Gasteiger partial charge on any atom is 0.446 e. The zero-order chi connectivity index (χ0) is 17.5. The highest BCUT2D eigenvalue weighted by Gasteiger charge is 2.31. The summed E-state index contributed by atoms with van der Waals surface area (Å²) in [6, 6.07) is 9.11. The number of hydrogen-bond donors (Lipinski definition) is 0. The normalized spacial score (nSPS) is 14.2. The van der Waals surface area contributed by atoms with Crippen molar-refractivity contribution in [3.05, 3.63) is 58.7 Å². The van der Waals surface area contributed by atoms with E-state index in [-0.39, 0.29) is 33.3 Å². The Morgan fingerprint density at radius 3 is 1.33 bits per heavy atom. The molecule has 1 aliphatic rings. The van der Waals surface area contributed by atoms with Crippen LogP contribution in [0.1, 0.15) is 22.3 Å². The molecule has 0 heterocycles. The second kappa shape index (κ2) is 6.22. The van der Waals surface area contributed by atoms with Crippen LogP contribution in [0.4, 0.5) is 26.3 Å². The molecule has 0 bridgehead atoms. The SMILES string of the molecule is FC(F)(F)Sc1ccc2c(c1)Cc1cc(SC(F)(F)F)ccc1C2. The van der Waals surface area contributed by atoms with Crippen LogP contribution in [0.5, 0.6) is 0 Å². The van der Waals surface area contributed by atoms with Gasteiger partial charge >= 0.3 is 11.0 Å². The molecule has 24 heavy (non-hydrogen) atoms. The Balaban J connectivity index is 1.86. The number of hydrogen-bond acceptors (Lipinski definition) is 2. The molecule has 0 amide bonds. The summed E-state index contributed by atoms with van der Waals surface area (Å²) in [5.74, 6) is 0. The molecule has 0 aliphatic heterocycles. The van der Waals surface area contributed by atoms with Crippen molar-refractivity contribution in [3.8, 4) is 0 Å². The third-order valence-corrected chi connectivity index (χ3v) is 5.03. The Labute approximate surface area is 142 Å². The summed E-state index contributed by atoms with van der Waals surface area (Å²) in [5, 5.41) is 0. The minimum Gasteiger partial charge on any atom is -0.160 e. The summed E-state index contributed by atoms with van der Waals surface area (Å²) in [7, 11) is 0. The fourth-order valence-electron chi connectivity index (χ4n) is 2.68. The van der Waals surface area contributed by atoms with Crippen LogP contribution in [-0.2, 0) is 12.8 Å². The standard InChI is InChI=1S/C16H10F6S2/c17-15(18,19)23-13-3-1-9-5-10-2-4-14(24-16(20,21)22)8-12(10)6-11(9)7-13/h1-4,7-8H,5-6H2. The predicted molar refractivity (Wildman–Crippen MR) is 82.3 cm³/mol. The van der Waals surface area contributed by atoms with Crippen LogP contribution in [0.15, 0.2) is 46.2 Å². The Morgan fingerprint density at radius 1 is 0.583 bits per heavy atom. The molecule has 0 saturated heterocycles. The topological polar surface area (TPSA) is 0 Å². The molecule has 8 heteroatoms. The first-order valence-electron chi connectivity index (χ1n) is 6.84. The van der Waals surface area contributed by atoms with E-state index in [4.69, 9.17) is 0 Å². The molecule has 2 aromatic carbocycles. The minimum atomic E-state index is -4.36. The van der Waals surface area contributed by atoms with E-state index in [1.54, 1.807) is 12.1 Å². The van der Waals surface area contributed by atoms with Crippen LogP contribution in [0.25, 0.3) is 0 Å². The van der Waals surface area contributed by atoms with E-state index >= 15 is 0 Å². The largest absolute Gasteiger partial charge is 0.446 e. The van der Waals surface area contributed by atoms with Crippen LogP contribution in [0.2, 0.25) is 0 Å². The average molecular weight is 380 g/mol. The summed E-state index contributed by atoms with van der Waals surface area (Å²) in [4.78, 5) is 0.177. The van der Waals surface area contributed by atoms with Crippen LogP contribution in [0.3, 0.4) is 0 Å². The zero-order valence-corrected chi connectivity index (χ0v) is 13.6. The van der Waals surface area contributed by atoms with Gasteiger partial charge in [-0.3, -0.25) is 0 Å². The molecular formula is C16H10F6S2. The molecule has 1 aliphatic carbocycles. The summed E-state index contributed by atoms with van der Waals surface area (Å²) < 4.78 is 74.9. The smallest absolute Gasteiger partial charge is 0.160 e. The van der Waals surface area contributed by atoms with Crippen LogP contribution < -0.4 is 0 Å². The molecule has 0 nitrogen and oxygen atoms in total. The lowest BCUT2D eigenvalue weighted by Gasteiger charge is -2.21. The van der Waals surface area contributed by atoms with Crippen molar-refractivity contribution in [1.29, 1.82) is 0 Å². The Hall–Kier alpha value is -1.28. The molecule has 3 rings (SSSR count). The number of rotatable bonds is 2. The molecule has 0 radical (unpaired) electrons. The van der Waals surface area contributed by atoms with Crippen molar-refractivity contribution >= 4 is 23.5 Å². The van der Waals surface area contributed by atoms with Gasteiger partial charge in [-0.25, -0.2) is 0 Å². The van der Waals surface area contributed by atoms with Crippen molar-refractivity contribution < 1.29 is 26.3 Å². The van der Waals surface area contributed by atoms with Crippen molar-refractivity contribution in [2.75, 3.05) is 0 Å². The highest BCUT2D eigenvalue weighted by molar-refractivity contribution is 8.00. The van der Waals surface area contributed by atoms with Gasteiger partial charge in [0.2, 0.25) is 0 Å². The van der Waals surface area contributed by atoms with Crippen molar-refractivity contribution in [2.45, 2.75) is 33.6 Å². The molecule has 0 aromatic heterocycles. The lowest BCUT2D eigenvalue weighted by Crippen LogP contribution is -2.09. The monoisotopic (exact) mass is 380 g/mol. The zero-order valence-electron chi connectivity index (χ0n) is 12.0. The van der Waals surface area contributed by atoms with Crippen LogP contribution >= 0.6 is 23.5 Å². The fraction of sp³-hybridized carbons (Fsp3) is 0.250. The van der Waals surface area contributed by atoms with E-state index < -0.39 is 11.0 Å². The lowest BCUT2D eigenvalue weighted by molar-refractivity contribution is -0.0337. The van der Waals surface area contributed by atoms with Gasteiger partial charge in [-0.1, -0.05) is 12.1 Å². The van der Waals surface area contributed by atoms with Gasteiger partial charge in [0.05, 0.1) is 0 Å². The van der Waals surface area contributed by atoms with Gasteiger partial charge in [0.1, 0.15) is 0 Å². The molecule has 0 saturated carbocycles. The summed E-state index contributed by atoms with van der Waals surface area (Å²) in [6.07, 6.45) is 0.849. The first-order chi connectivity index (χ1) is 11.1. The number of halogens is 6. The van der Waals surface area contributed by atoms with Gasteiger partial charge in [0.15, 0.2) is 0 Å². The van der Waals surface area contributed by atoms with E-state index in [1.807, 2.05) is 0 Å². The van der Waals surface area contributed by atoms with Crippen molar-refractivity contribution in [1.82, 2.24) is 0 Å². The Bertz CT molecular complexity index is 701. The van der Waals surface area contributed by atoms with E-state index in [0.29, 0.717) is 12.8 Å². The molecule has 0 N–H and O–H groups in total. The maximum atomic E-state index is 12.5. The maximum absolute atomic E-state index is 12.5. The summed E-state index contributed by atoms with van der Waals surface area (Å²) >= 11 is -0.374. The second-order valence-electron chi connectivity index (χ2n) is 5.31. The molecule has 0 fully saturated rings. The lowest BCUT2D eigenvalue weighted by atomic mass is 9.86. The van der Waals surface area contributed by atoms with Gasteiger partial charge < -0.3 is 0 Å². The number of fused-ring (bicyclic) bond motifs is 2.